The van der Waals surface area contributed by atoms with Crippen molar-refractivity contribution in [3.05, 3.63) is 0 Å². The number of unbranched alkanes of at least 4 members (excludes halogenated alkanes) is 1. The normalized spacial score (nSPS) is 18.7. The van der Waals surface area contributed by atoms with E-state index < -0.39 is 29.9 Å². The van der Waals surface area contributed by atoms with Crippen LogP contribution in [0.2, 0.25) is 0 Å². The molecule has 1 heterocycles. The summed E-state index contributed by atoms with van der Waals surface area (Å²) in [5.41, 5.74) is 10.5. The molecule has 0 aromatic carbocycles. The van der Waals surface area contributed by atoms with Gasteiger partial charge in [-0.2, -0.15) is 0 Å². The highest BCUT2D eigenvalue weighted by atomic mass is 16.4. The summed E-state index contributed by atoms with van der Waals surface area (Å²) in [6, 6.07) is -2.44. The van der Waals surface area contributed by atoms with E-state index >= 15 is 0 Å². The van der Waals surface area contributed by atoms with Crippen molar-refractivity contribution in [2.24, 2.45) is 11.5 Å². The lowest BCUT2D eigenvalue weighted by atomic mass is 10.1. The predicted octanol–water partition coefficient (Wildman–Crippen LogP) is -1.81. The third-order valence-electron chi connectivity index (χ3n) is 4.25. The lowest BCUT2D eigenvalue weighted by Gasteiger charge is -2.22. The number of hydrogen-bond donors (Lipinski definition) is 6. The maximum absolute atomic E-state index is 12.5. The number of nitrogens with one attached hydrogen (secondary N) is 3. The van der Waals surface area contributed by atoms with Crippen LogP contribution >= 0.6 is 0 Å². The number of nitrogens with two attached hydrogens (primary N) is 2. The molecule has 0 saturated carbocycles. The topological polar surface area (TPSA) is 177 Å². The molecule has 0 radical (unpaired) electrons. The average molecular weight is 371 g/mol. The molecule has 0 aliphatic carbocycles. The first-order valence-corrected chi connectivity index (χ1v) is 8.90. The molecule has 148 valence electrons. The van der Waals surface area contributed by atoms with Crippen LogP contribution in [0, 0.1) is 0 Å². The first-order chi connectivity index (χ1) is 12.3. The standard InChI is InChI=1S/C16H29N5O5/c17-8-2-1-4-11(20-14(23)10-5-3-9-19-10)15(24)21-12(16(25)26)6-7-13(18)22/h10-12,19H,1-9,17H2,(H2,18,22)(H,20,23)(H,21,24)(H,25,26). The van der Waals surface area contributed by atoms with E-state index in [0.717, 1.165) is 13.0 Å². The molecule has 3 atom stereocenters. The second-order valence-electron chi connectivity index (χ2n) is 6.40. The minimum Gasteiger partial charge on any atom is -0.480 e. The predicted molar refractivity (Wildman–Crippen MR) is 93.9 cm³/mol. The fourth-order valence-electron chi connectivity index (χ4n) is 2.76. The summed E-state index contributed by atoms with van der Waals surface area (Å²) < 4.78 is 0. The highest BCUT2D eigenvalue weighted by Gasteiger charge is 2.29. The number of aliphatic carboxylic acids is 1. The van der Waals surface area contributed by atoms with Gasteiger partial charge in [0.1, 0.15) is 12.1 Å². The van der Waals surface area contributed by atoms with Crippen LogP contribution in [-0.2, 0) is 19.2 Å². The summed E-state index contributed by atoms with van der Waals surface area (Å²) in [7, 11) is 0. The van der Waals surface area contributed by atoms with Crippen LogP contribution < -0.4 is 27.4 Å². The fraction of sp³-hybridized carbons (Fsp3) is 0.750. The molecule has 3 amide bonds. The lowest BCUT2D eigenvalue weighted by molar-refractivity contribution is -0.142. The van der Waals surface area contributed by atoms with E-state index in [4.69, 9.17) is 11.5 Å². The molecule has 0 spiro atoms. The molecule has 10 nitrogen and oxygen atoms in total. The van der Waals surface area contributed by atoms with Gasteiger partial charge in [-0.05, 0) is 51.6 Å². The number of rotatable bonds is 12. The Hall–Kier alpha value is -2.20. The summed E-state index contributed by atoms with van der Waals surface area (Å²) >= 11 is 0. The Labute approximate surface area is 152 Å². The molecule has 1 aliphatic heterocycles. The number of hydrogen-bond acceptors (Lipinski definition) is 6. The van der Waals surface area contributed by atoms with Gasteiger partial charge in [0, 0.05) is 6.42 Å². The van der Waals surface area contributed by atoms with E-state index in [1.165, 1.54) is 0 Å². The van der Waals surface area contributed by atoms with Gasteiger partial charge >= 0.3 is 5.97 Å². The Morgan fingerprint density at radius 1 is 1.12 bits per heavy atom. The minimum atomic E-state index is -1.26. The SMILES string of the molecule is NCCCCC(NC(=O)C1CCCN1)C(=O)NC(CCC(N)=O)C(=O)O. The van der Waals surface area contributed by atoms with Gasteiger partial charge in [-0.15, -0.1) is 0 Å². The highest BCUT2D eigenvalue weighted by molar-refractivity contribution is 5.92. The van der Waals surface area contributed by atoms with Gasteiger partial charge in [-0.25, -0.2) is 4.79 Å². The molecule has 1 saturated heterocycles. The Morgan fingerprint density at radius 2 is 1.85 bits per heavy atom. The van der Waals surface area contributed by atoms with Crippen LogP contribution in [0.3, 0.4) is 0 Å². The number of carbonyl (C=O) groups is 4. The van der Waals surface area contributed by atoms with E-state index in [9.17, 15) is 24.3 Å². The van der Waals surface area contributed by atoms with Crippen molar-refractivity contribution >= 4 is 23.7 Å². The van der Waals surface area contributed by atoms with Crippen molar-refractivity contribution < 1.29 is 24.3 Å². The average Bonchev–Trinajstić information content (AvgIpc) is 3.11. The second kappa shape index (κ2) is 11.4. The van der Waals surface area contributed by atoms with Crippen LogP contribution in [0.4, 0.5) is 0 Å². The second-order valence-corrected chi connectivity index (χ2v) is 6.40. The van der Waals surface area contributed by atoms with Gasteiger partial charge in [0.2, 0.25) is 17.7 Å². The Bertz CT molecular complexity index is 507. The van der Waals surface area contributed by atoms with Crippen molar-refractivity contribution in [2.75, 3.05) is 13.1 Å². The zero-order chi connectivity index (χ0) is 19.5. The highest BCUT2D eigenvalue weighted by Crippen LogP contribution is 2.08. The number of primary amides is 1. The summed E-state index contributed by atoms with van der Waals surface area (Å²) in [6.45, 7) is 1.21. The molecule has 26 heavy (non-hydrogen) atoms. The fourth-order valence-corrected chi connectivity index (χ4v) is 2.76. The van der Waals surface area contributed by atoms with E-state index in [-0.39, 0.29) is 24.8 Å². The molecule has 1 fully saturated rings. The van der Waals surface area contributed by atoms with Crippen LogP contribution in [0.1, 0.15) is 44.9 Å². The first-order valence-electron chi connectivity index (χ1n) is 8.90. The molecule has 0 aromatic rings. The van der Waals surface area contributed by atoms with Gasteiger partial charge in [-0.1, -0.05) is 0 Å². The van der Waals surface area contributed by atoms with Crippen LogP contribution in [0.25, 0.3) is 0 Å². The molecule has 8 N–H and O–H groups in total. The Morgan fingerprint density at radius 3 is 2.38 bits per heavy atom. The zero-order valence-corrected chi connectivity index (χ0v) is 14.8. The molecular formula is C16H29N5O5. The van der Waals surface area contributed by atoms with Gasteiger partial charge in [0.05, 0.1) is 6.04 Å². The van der Waals surface area contributed by atoms with E-state index in [0.29, 0.717) is 32.2 Å². The summed E-state index contributed by atoms with van der Waals surface area (Å²) in [6.07, 6.45) is 2.97. The third kappa shape index (κ3) is 7.79. The van der Waals surface area contributed by atoms with Gasteiger partial charge < -0.3 is 32.5 Å². The van der Waals surface area contributed by atoms with E-state index in [1.807, 2.05) is 0 Å². The van der Waals surface area contributed by atoms with Crippen molar-refractivity contribution in [1.82, 2.24) is 16.0 Å². The molecular weight excluding hydrogens is 342 g/mol. The molecule has 0 aromatic heterocycles. The zero-order valence-electron chi connectivity index (χ0n) is 14.8. The molecule has 10 heteroatoms. The largest absolute Gasteiger partial charge is 0.480 e. The summed E-state index contributed by atoms with van der Waals surface area (Å²) in [4.78, 5) is 46.9. The Kier molecular flexibility index (Phi) is 9.60. The maximum atomic E-state index is 12.5. The van der Waals surface area contributed by atoms with Gasteiger partial charge in [-0.3, -0.25) is 14.4 Å². The Balaban J connectivity index is 2.69. The van der Waals surface area contributed by atoms with Crippen LogP contribution in [0.5, 0.6) is 0 Å². The first kappa shape index (κ1) is 21.8. The van der Waals surface area contributed by atoms with Gasteiger partial charge in [0.25, 0.3) is 0 Å². The van der Waals surface area contributed by atoms with E-state index in [1.54, 1.807) is 0 Å². The van der Waals surface area contributed by atoms with Crippen molar-refractivity contribution in [3.63, 3.8) is 0 Å². The van der Waals surface area contributed by atoms with E-state index in [2.05, 4.69) is 16.0 Å². The lowest BCUT2D eigenvalue weighted by Crippen LogP contribution is -2.54. The van der Waals surface area contributed by atoms with Crippen molar-refractivity contribution in [3.8, 4) is 0 Å². The smallest absolute Gasteiger partial charge is 0.326 e. The molecule has 1 aliphatic rings. The molecule has 3 unspecified atom stereocenters. The molecule has 1 rings (SSSR count). The van der Waals surface area contributed by atoms with Gasteiger partial charge in [0.15, 0.2) is 0 Å². The third-order valence-corrected chi connectivity index (χ3v) is 4.25. The quantitative estimate of drug-likeness (QED) is 0.219. The number of carboxylic acid groups (broad SMARTS) is 1. The van der Waals surface area contributed by atoms with Crippen molar-refractivity contribution in [2.45, 2.75) is 63.1 Å². The van der Waals surface area contributed by atoms with Crippen LogP contribution in [0.15, 0.2) is 0 Å². The van der Waals surface area contributed by atoms with Crippen LogP contribution in [-0.4, -0.2) is 60.0 Å². The number of carboxylic acids is 1. The van der Waals surface area contributed by atoms with Crippen molar-refractivity contribution in [1.29, 1.82) is 0 Å². The maximum Gasteiger partial charge on any atom is 0.326 e. The summed E-state index contributed by atoms with van der Waals surface area (Å²) in [5.74, 6) is -2.78. The summed E-state index contributed by atoms with van der Waals surface area (Å²) in [5, 5.41) is 17.3. The minimum absolute atomic E-state index is 0.107. The number of amides is 3. The monoisotopic (exact) mass is 371 g/mol. The number of carbonyl (C=O) groups excluding carboxylic acids is 3. The molecule has 0 bridgehead atoms.